The summed E-state index contributed by atoms with van der Waals surface area (Å²) in [5, 5.41) is 22.0. The van der Waals surface area contributed by atoms with Crippen LogP contribution in [0.3, 0.4) is 0 Å². The van der Waals surface area contributed by atoms with Gasteiger partial charge in [-0.2, -0.15) is 0 Å². The van der Waals surface area contributed by atoms with Crippen LogP contribution >= 0.6 is 0 Å². The summed E-state index contributed by atoms with van der Waals surface area (Å²) in [5.41, 5.74) is 2.23. The number of carbonyl (C=O) groups is 1. The number of nitrogens with zero attached hydrogens (tertiary/aromatic N) is 3. The number of carbonyl (C=O) groups excluding carboxylic acids is 1. The minimum Gasteiger partial charge on any atom is -0.390 e. The van der Waals surface area contributed by atoms with Crippen molar-refractivity contribution in [2.75, 3.05) is 19.7 Å². The van der Waals surface area contributed by atoms with E-state index in [1.54, 1.807) is 0 Å². The van der Waals surface area contributed by atoms with E-state index in [0.29, 0.717) is 13.0 Å². The molecule has 1 aromatic heterocycles. The lowest BCUT2D eigenvalue weighted by Gasteiger charge is -2.36. The number of likely N-dealkylation sites (tertiary alicyclic amines) is 1. The van der Waals surface area contributed by atoms with Crippen LogP contribution < -0.4 is 5.32 Å². The van der Waals surface area contributed by atoms with Crippen LogP contribution in [-0.2, 0) is 6.54 Å². The standard InChI is InChI=1S/C20H22N4O3/c25-11-1-2-15-3-5-16(6-4-15)13-24-10-7-17(19(26)14-24)23-20(27)18-12-21-8-9-22-18/h3-6,8-9,12,17,19,25-26H,7,10-11,13-14H2,(H,23,27)/t17-,19-/m1/s1. The molecule has 2 atom stereocenters. The highest BCUT2D eigenvalue weighted by Crippen LogP contribution is 2.15. The highest BCUT2D eigenvalue weighted by molar-refractivity contribution is 5.92. The van der Waals surface area contributed by atoms with Gasteiger partial charge in [0.25, 0.3) is 5.91 Å². The van der Waals surface area contributed by atoms with Crippen molar-refractivity contribution in [3.63, 3.8) is 0 Å². The maximum atomic E-state index is 12.2. The molecule has 0 saturated carbocycles. The normalized spacial score (nSPS) is 19.8. The van der Waals surface area contributed by atoms with Crippen LogP contribution in [0.15, 0.2) is 42.9 Å². The van der Waals surface area contributed by atoms with E-state index >= 15 is 0 Å². The van der Waals surface area contributed by atoms with Gasteiger partial charge in [0.1, 0.15) is 12.3 Å². The number of nitrogens with one attached hydrogen (secondary N) is 1. The van der Waals surface area contributed by atoms with Gasteiger partial charge in [0.05, 0.1) is 18.3 Å². The Kier molecular flexibility index (Phi) is 6.49. The van der Waals surface area contributed by atoms with Crippen molar-refractivity contribution in [2.24, 2.45) is 0 Å². The molecule has 3 rings (SSSR count). The summed E-state index contributed by atoms with van der Waals surface area (Å²) in [7, 11) is 0. The molecular formula is C20H22N4O3. The van der Waals surface area contributed by atoms with E-state index in [-0.39, 0.29) is 24.2 Å². The molecule has 140 valence electrons. The first kappa shape index (κ1) is 19.0. The van der Waals surface area contributed by atoms with Gasteiger partial charge in [-0.15, -0.1) is 0 Å². The van der Waals surface area contributed by atoms with Crippen molar-refractivity contribution < 1.29 is 15.0 Å². The molecule has 3 N–H and O–H groups in total. The Bertz CT molecular complexity index is 815. The molecule has 0 spiro atoms. The third-order valence-electron chi connectivity index (χ3n) is 4.45. The van der Waals surface area contributed by atoms with Crippen LogP contribution in [0.1, 0.15) is 28.0 Å². The lowest BCUT2D eigenvalue weighted by Crippen LogP contribution is -2.53. The number of piperidine rings is 1. The smallest absolute Gasteiger partial charge is 0.271 e. The number of hydrogen-bond donors (Lipinski definition) is 3. The van der Waals surface area contributed by atoms with Crippen LogP contribution in [0.5, 0.6) is 0 Å². The fraction of sp³-hybridized carbons (Fsp3) is 0.350. The van der Waals surface area contributed by atoms with Crippen molar-refractivity contribution in [2.45, 2.75) is 25.1 Å². The summed E-state index contributed by atoms with van der Waals surface area (Å²) < 4.78 is 0. The molecule has 1 fully saturated rings. The van der Waals surface area contributed by atoms with E-state index in [1.807, 2.05) is 24.3 Å². The molecule has 1 amide bonds. The topological polar surface area (TPSA) is 98.6 Å². The van der Waals surface area contributed by atoms with E-state index in [2.05, 4.69) is 32.0 Å². The van der Waals surface area contributed by atoms with Crippen LogP contribution in [0.4, 0.5) is 0 Å². The first-order valence-corrected chi connectivity index (χ1v) is 8.81. The molecule has 0 radical (unpaired) electrons. The molecule has 7 heteroatoms. The zero-order valence-electron chi connectivity index (χ0n) is 14.9. The molecule has 1 aromatic carbocycles. The van der Waals surface area contributed by atoms with E-state index in [0.717, 1.165) is 24.2 Å². The predicted molar refractivity (Wildman–Crippen MR) is 99.6 cm³/mol. The van der Waals surface area contributed by atoms with Crippen molar-refractivity contribution in [3.05, 3.63) is 59.7 Å². The Morgan fingerprint density at radius 3 is 2.78 bits per heavy atom. The first-order valence-electron chi connectivity index (χ1n) is 8.81. The monoisotopic (exact) mass is 366 g/mol. The minimum absolute atomic E-state index is 0.151. The SMILES string of the molecule is O=C(N[C@@H]1CCN(Cc2ccc(C#CCO)cc2)C[C@H]1O)c1cnccn1. The van der Waals surface area contributed by atoms with E-state index in [1.165, 1.54) is 18.6 Å². The highest BCUT2D eigenvalue weighted by atomic mass is 16.3. The fourth-order valence-electron chi connectivity index (χ4n) is 3.06. The molecule has 7 nitrogen and oxygen atoms in total. The third kappa shape index (κ3) is 5.34. The average Bonchev–Trinajstić information content (AvgIpc) is 2.70. The van der Waals surface area contributed by atoms with Crippen molar-refractivity contribution in [1.82, 2.24) is 20.2 Å². The summed E-state index contributed by atoms with van der Waals surface area (Å²) in [5.74, 6) is 5.17. The maximum absolute atomic E-state index is 12.2. The predicted octanol–water partition coefficient (Wildman–Crippen LogP) is 0.186. The zero-order valence-corrected chi connectivity index (χ0v) is 14.9. The van der Waals surface area contributed by atoms with Gasteiger partial charge in [-0.05, 0) is 24.1 Å². The molecule has 1 aliphatic heterocycles. The summed E-state index contributed by atoms with van der Waals surface area (Å²) in [6.07, 6.45) is 4.40. The molecule has 1 saturated heterocycles. The van der Waals surface area contributed by atoms with Gasteiger partial charge < -0.3 is 15.5 Å². The number of rotatable bonds is 4. The van der Waals surface area contributed by atoms with Crippen molar-refractivity contribution in [1.29, 1.82) is 0 Å². The van der Waals surface area contributed by atoms with Crippen LogP contribution in [0.25, 0.3) is 0 Å². The summed E-state index contributed by atoms with van der Waals surface area (Å²) in [6, 6.07) is 7.53. The minimum atomic E-state index is -0.644. The summed E-state index contributed by atoms with van der Waals surface area (Å²) in [6.45, 7) is 1.82. The van der Waals surface area contributed by atoms with Gasteiger partial charge in [0.15, 0.2) is 0 Å². The van der Waals surface area contributed by atoms with Crippen molar-refractivity contribution >= 4 is 5.91 Å². The number of aromatic nitrogens is 2. The number of β-amino-alcohol motifs (C(OH)–C–C–N with tert-alkyl or cyclic N) is 1. The largest absolute Gasteiger partial charge is 0.390 e. The van der Waals surface area contributed by atoms with Crippen LogP contribution in [-0.4, -0.2) is 62.8 Å². The van der Waals surface area contributed by atoms with Crippen LogP contribution in [0, 0.1) is 11.8 Å². The first-order chi connectivity index (χ1) is 13.2. The molecule has 0 bridgehead atoms. The summed E-state index contributed by atoms with van der Waals surface area (Å²) >= 11 is 0. The van der Waals surface area contributed by atoms with Gasteiger partial charge in [0.2, 0.25) is 0 Å². The molecular weight excluding hydrogens is 344 g/mol. The second-order valence-electron chi connectivity index (χ2n) is 6.42. The van der Waals surface area contributed by atoms with Crippen molar-refractivity contribution in [3.8, 4) is 11.8 Å². The number of aliphatic hydroxyl groups is 2. The number of amides is 1. The Balaban J connectivity index is 1.51. The van der Waals surface area contributed by atoms with Gasteiger partial charge in [-0.25, -0.2) is 4.98 Å². The van der Waals surface area contributed by atoms with Gasteiger partial charge in [-0.1, -0.05) is 24.0 Å². The lowest BCUT2D eigenvalue weighted by molar-refractivity contribution is 0.0348. The second kappa shape index (κ2) is 9.24. The Labute approximate surface area is 158 Å². The molecule has 27 heavy (non-hydrogen) atoms. The summed E-state index contributed by atoms with van der Waals surface area (Å²) in [4.78, 5) is 22.2. The average molecular weight is 366 g/mol. The maximum Gasteiger partial charge on any atom is 0.271 e. The molecule has 1 aliphatic rings. The van der Waals surface area contributed by atoms with E-state index in [9.17, 15) is 9.90 Å². The highest BCUT2D eigenvalue weighted by Gasteiger charge is 2.29. The van der Waals surface area contributed by atoms with E-state index in [4.69, 9.17) is 5.11 Å². The molecule has 2 aromatic rings. The number of benzene rings is 1. The molecule has 0 aliphatic carbocycles. The van der Waals surface area contributed by atoms with Gasteiger partial charge in [-0.3, -0.25) is 14.7 Å². The molecule has 0 unspecified atom stereocenters. The second-order valence-corrected chi connectivity index (χ2v) is 6.42. The molecule has 2 heterocycles. The van der Waals surface area contributed by atoms with Crippen LogP contribution in [0.2, 0.25) is 0 Å². The van der Waals surface area contributed by atoms with E-state index < -0.39 is 6.10 Å². The number of aliphatic hydroxyl groups excluding tert-OH is 2. The van der Waals surface area contributed by atoms with Gasteiger partial charge >= 0.3 is 0 Å². The Hall–Kier alpha value is -2.79. The third-order valence-corrected chi connectivity index (χ3v) is 4.45. The van der Waals surface area contributed by atoms with Gasteiger partial charge in [0, 0.05) is 37.6 Å². The quantitative estimate of drug-likeness (QED) is 0.668. The lowest BCUT2D eigenvalue weighted by atomic mass is 10.0. The number of hydrogen-bond acceptors (Lipinski definition) is 6. The zero-order chi connectivity index (χ0) is 19.1. The fourth-order valence-corrected chi connectivity index (χ4v) is 3.06. The Morgan fingerprint density at radius 1 is 1.30 bits per heavy atom. The Morgan fingerprint density at radius 2 is 2.11 bits per heavy atom.